The average Bonchev–Trinajstić information content (AvgIpc) is 3.19. The first-order chi connectivity index (χ1) is 17.9. The summed E-state index contributed by atoms with van der Waals surface area (Å²) in [6.45, 7) is 7.22. The van der Waals surface area contributed by atoms with Gasteiger partial charge in [0.2, 0.25) is 0 Å². The summed E-state index contributed by atoms with van der Waals surface area (Å²) in [5.74, 6) is 0.905. The number of aromatic amines is 1. The van der Waals surface area contributed by atoms with Crippen molar-refractivity contribution in [3.05, 3.63) is 47.5 Å². The highest BCUT2D eigenvalue weighted by Crippen LogP contribution is 2.40. The molecule has 0 unspecified atom stereocenters. The number of alkyl halides is 3. The number of hydrogen-bond donors (Lipinski definition) is 1. The molecule has 206 valence electrons. The highest BCUT2D eigenvalue weighted by molar-refractivity contribution is 5.91. The first-order valence-corrected chi connectivity index (χ1v) is 12.7. The molecule has 0 atom stereocenters. The molecule has 1 aliphatic heterocycles. The number of aromatic nitrogens is 1. The number of hydrogen-bond acceptors (Lipinski definition) is 5. The summed E-state index contributed by atoms with van der Waals surface area (Å²) in [6, 6.07) is 10.8. The van der Waals surface area contributed by atoms with Crippen LogP contribution in [0.4, 0.5) is 13.2 Å². The highest BCUT2D eigenvalue weighted by Gasteiger charge is 2.32. The fraction of sp³-hybridized carbons (Fsp3) is 0.483. The van der Waals surface area contributed by atoms with Crippen LogP contribution in [0.1, 0.15) is 50.7 Å². The molecule has 6 nitrogen and oxygen atoms in total. The van der Waals surface area contributed by atoms with Crippen LogP contribution in [0.25, 0.3) is 22.2 Å². The number of fused-ring (bicyclic) bond motifs is 1. The van der Waals surface area contributed by atoms with Gasteiger partial charge in [0.15, 0.2) is 11.5 Å². The zero-order valence-electron chi connectivity index (χ0n) is 22.5. The Morgan fingerprint density at radius 3 is 2.29 bits per heavy atom. The second-order valence-electron chi connectivity index (χ2n) is 10.8. The monoisotopic (exact) mass is 532 g/mol. The van der Waals surface area contributed by atoms with Gasteiger partial charge in [-0.1, -0.05) is 6.07 Å². The van der Waals surface area contributed by atoms with E-state index in [0.29, 0.717) is 33.7 Å². The first-order valence-electron chi connectivity index (χ1n) is 12.7. The lowest BCUT2D eigenvalue weighted by atomic mass is 9.88. The topological polar surface area (TPSA) is 63.8 Å². The van der Waals surface area contributed by atoms with Crippen LogP contribution in [0.5, 0.6) is 11.5 Å². The van der Waals surface area contributed by atoms with E-state index in [1.54, 1.807) is 18.2 Å². The number of H-pyrrole nitrogens is 1. The van der Waals surface area contributed by atoms with Gasteiger partial charge in [0.05, 0.1) is 32.9 Å². The quantitative estimate of drug-likeness (QED) is 0.353. The van der Waals surface area contributed by atoms with Crippen LogP contribution < -0.4 is 9.47 Å². The molecule has 0 aliphatic carbocycles. The molecule has 4 rings (SSSR count). The van der Waals surface area contributed by atoms with Gasteiger partial charge in [0, 0.05) is 16.5 Å². The lowest BCUT2D eigenvalue weighted by molar-refractivity contribution is -0.156. The van der Waals surface area contributed by atoms with Crippen LogP contribution in [-0.4, -0.2) is 61.5 Å². The Kier molecular flexibility index (Phi) is 7.97. The van der Waals surface area contributed by atoms with Crippen LogP contribution in [0.3, 0.4) is 0 Å². The number of carbonyl (C=O) groups excluding carboxylic acids is 1. The summed E-state index contributed by atoms with van der Waals surface area (Å²) >= 11 is 0. The third kappa shape index (κ3) is 6.62. The molecule has 0 saturated carbocycles. The molecule has 0 bridgehead atoms. The minimum atomic E-state index is -4.37. The number of nitrogens with one attached hydrogen (secondary N) is 1. The average molecular weight is 533 g/mol. The second-order valence-corrected chi connectivity index (χ2v) is 10.8. The second kappa shape index (κ2) is 10.9. The number of piperidine rings is 1. The zero-order chi connectivity index (χ0) is 27.7. The predicted molar refractivity (Wildman–Crippen MR) is 141 cm³/mol. The van der Waals surface area contributed by atoms with Gasteiger partial charge in [-0.2, -0.15) is 13.2 Å². The predicted octanol–water partition coefficient (Wildman–Crippen LogP) is 6.48. The van der Waals surface area contributed by atoms with E-state index < -0.39 is 18.2 Å². The van der Waals surface area contributed by atoms with Crippen molar-refractivity contribution in [1.29, 1.82) is 0 Å². The molecule has 2 aromatic carbocycles. The number of methoxy groups -OCH3 is 2. The van der Waals surface area contributed by atoms with E-state index in [-0.39, 0.29) is 24.0 Å². The third-order valence-electron chi connectivity index (χ3n) is 6.81. The highest BCUT2D eigenvalue weighted by atomic mass is 19.4. The molecule has 0 spiro atoms. The van der Waals surface area contributed by atoms with E-state index in [9.17, 15) is 18.0 Å². The van der Waals surface area contributed by atoms with E-state index >= 15 is 0 Å². The molecule has 1 aromatic heterocycles. The minimum absolute atomic E-state index is 0.201. The molecule has 0 radical (unpaired) electrons. The number of ether oxygens (including phenoxy) is 3. The third-order valence-corrected chi connectivity index (χ3v) is 6.81. The van der Waals surface area contributed by atoms with Gasteiger partial charge >= 0.3 is 12.1 Å². The summed E-state index contributed by atoms with van der Waals surface area (Å²) in [4.78, 5) is 17.5. The molecule has 9 heteroatoms. The van der Waals surface area contributed by atoms with Crippen molar-refractivity contribution >= 4 is 16.9 Å². The Labute approximate surface area is 221 Å². The Morgan fingerprint density at radius 1 is 1.00 bits per heavy atom. The summed E-state index contributed by atoms with van der Waals surface area (Å²) in [5, 5.41) is 0.570. The van der Waals surface area contributed by atoms with Crippen molar-refractivity contribution in [3.8, 4) is 22.8 Å². The van der Waals surface area contributed by atoms with Gasteiger partial charge in [0.1, 0.15) is 5.60 Å². The summed E-state index contributed by atoms with van der Waals surface area (Å²) in [5.41, 5.74) is 2.36. The zero-order valence-corrected chi connectivity index (χ0v) is 22.5. The van der Waals surface area contributed by atoms with Gasteiger partial charge < -0.3 is 19.2 Å². The molecule has 2 heterocycles. The number of benzene rings is 2. The number of likely N-dealkylation sites (tertiary alicyclic amines) is 1. The number of esters is 1. The van der Waals surface area contributed by atoms with Crippen LogP contribution in [0.15, 0.2) is 36.4 Å². The number of halogens is 3. The molecular weight excluding hydrogens is 497 g/mol. The van der Waals surface area contributed by atoms with Gasteiger partial charge in [0.25, 0.3) is 0 Å². The SMILES string of the molecule is COc1ccc(-c2[nH]c3ccc(C4CCN(CC(=O)OC(C)(C)C)CC4)cc3c2CC(F)(F)F)cc1OC. The summed E-state index contributed by atoms with van der Waals surface area (Å²) in [7, 11) is 3.01. The molecule has 1 N–H and O–H groups in total. The molecule has 38 heavy (non-hydrogen) atoms. The van der Waals surface area contributed by atoms with Crippen molar-refractivity contribution in [3.63, 3.8) is 0 Å². The van der Waals surface area contributed by atoms with Crippen LogP contribution in [0.2, 0.25) is 0 Å². The summed E-state index contributed by atoms with van der Waals surface area (Å²) in [6.07, 6.45) is -3.79. The maximum atomic E-state index is 13.7. The van der Waals surface area contributed by atoms with Gasteiger partial charge in [-0.05, 0) is 94.1 Å². The molecular formula is C29H35F3N2O4. The largest absolute Gasteiger partial charge is 0.493 e. The maximum Gasteiger partial charge on any atom is 0.393 e. The van der Waals surface area contributed by atoms with Gasteiger partial charge in [-0.25, -0.2) is 0 Å². The fourth-order valence-corrected chi connectivity index (χ4v) is 5.12. The van der Waals surface area contributed by atoms with Crippen molar-refractivity contribution in [2.75, 3.05) is 33.9 Å². The van der Waals surface area contributed by atoms with Crippen molar-refractivity contribution in [2.45, 2.75) is 57.7 Å². The standard InChI is InChI=1S/C29H35F3N2O4/c1-28(2,3)38-26(35)17-34-12-10-18(11-13-34)19-6-8-23-21(14-19)22(16-29(30,31)32)27(33-23)20-7-9-24(36-4)25(15-20)37-5/h6-9,14-15,18,33H,10-13,16-17H2,1-5H3. The lowest BCUT2D eigenvalue weighted by Crippen LogP contribution is -2.39. The van der Waals surface area contributed by atoms with Crippen LogP contribution in [0, 0.1) is 0 Å². The Morgan fingerprint density at radius 2 is 1.68 bits per heavy atom. The van der Waals surface area contributed by atoms with E-state index in [4.69, 9.17) is 14.2 Å². The van der Waals surface area contributed by atoms with Crippen LogP contribution in [-0.2, 0) is 16.0 Å². The molecule has 1 fully saturated rings. The maximum absolute atomic E-state index is 13.7. The van der Waals surface area contributed by atoms with Crippen molar-refractivity contribution in [1.82, 2.24) is 9.88 Å². The van der Waals surface area contributed by atoms with Crippen molar-refractivity contribution in [2.24, 2.45) is 0 Å². The normalized spacial score (nSPS) is 15.6. The minimum Gasteiger partial charge on any atom is -0.493 e. The lowest BCUT2D eigenvalue weighted by Gasteiger charge is -2.32. The van der Waals surface area contributed by atoms with Gasteiger partial charge in [-0.3, -0.25) is 9.69 Å². The Bertz CT molecular complexity index is 1290. The van der Waals surface area contributed by atoms with Gasteiger partial charge in [-0.15, -0.1) is 0 Å². The molecule has 1 saturated heterocycles. The first kappa shape index (κ1) is 27.8. The number of rotatable bonds is 7. The Hall–Kier alpha value is -3.20. The molecule has 3 aromatic rings. The van der Waals surface area contributed by atoms with E-state index in [1.165, 1.54) is 14.2 Å². The number of nitrogens with zero attached hydrogens (tertiary/aromatic N) is 1. The summed E-state index contributed by atoms with van der Waals surface area (Å²) < 4.78 is 57.2. The molecule has 1 aliphatic rings. The van der Waals surface area contributed by atoms with Crippen LogP contribution >= 0.6 is 0 Å². The smallest absolute Gasteiger partial charge is 0.393 e. The Balaban J connectivity index is 1.60. The fourth-order valence-electron chi connectivity index (χ4n) is 5.12. The van der Waals surface area contributed by atoms with Crippen molar-refractivity contribution < 1.29 is 32.2 Å². The van der Waals surface area contributed by atoms with E-state index in [0.717, 1.165) is 31.5 Å². The molecule has 0 amide bonds. The van der Waals surface area contributed by atoms with E-state index in [2.05, 4.69) is 9.88 Å². The van der Waals surface area contributed by atoms with E-state index in [1.807, 2.05) is 39.0 Å². The number of carbonyl (C=O) groups is 1.